The molecule has 0 aliphatic heterocycles. The molecule has 1 heterocycles. The summed E-state index contributed by atoms with van der Waals surface area (Å²) in [5, 5.41) is 3.51. The maximum atomic E-state index is 4.18. The molecule has 2 aromatic rings. The lowest BCUT2D eigenvalue weighted by molar-refractivity contribution is 0.336. The molecule has 3 heteroatoms. The van der Waals surface area contributed by atoms with Gasteiger partial charge < -0.3 is 5.32 Å². The van der Waals surface area contributed by atoms with Gasteiger partial charge in [0.25, 0.3) is 0 Å². The average Bonchev–Trinajstić information content (AvgIpc) is 2.91. The van der Waals surface area contributed by atoms with E-state index in [-0.39, 0.29) is 0 Å². The number of nitrogens with one attached hydrogen (secondary N) is 1. The zero-order valence-corrected chi connectivity index (χ0v) is 11.4. The number of fused-ring (bicyclic) bond motifs is 1. The van der Waals surface area contributed by atoms with Crippen LogP contribution in [-0.2, 0) is 12.8 Å². The normalized spacial score (nSPS) is 22.7. The first-order valence-electron chi connectivity index (χ1n) is 6.51. The van der Waals surface area contributed by atoms with Crippen molar-refractivity contribution in [2.45, 2.75) is 25.3 Å². The van der Waals surface area contributed by atoms with E-state index in [9.17, 15) is 0 Å². The standard InChI is InChI=1S/C15H18N2S/c1-16-15-12(8-13-9-17-10-18-13)7-6-11-4-2-3-5-14(11)15/h2-5,9-10,12,15-16H,6-8H2,1H3. The van der Waals surface area contributed by atoms with Gasteiger partial charge in [-0.1, -0.05) is 24.3 Å². The van der Waals surface area contributed by atoms with Gasteiger partial charge in [0.15, 0.2) is 0 Å². The second-order valence-electron chi connectivity index (χ2n) is 4.94. The molecule has 0 spiro atoms. The number of aryl methyl sites for hydroxylation is 1. The number of hydrogen-bond donors (Lipinski definition) is 1. The van der Waals surface area contributed by atoms with Crippen LogP contribution in [0.3, 0.4) is 0 Å². The molecular weight excluding hydrogens is 240 g/mol. The van der Waals surface area contributed by atoms with Crippen LogP contribution in [0.15, 0.2) is 36.0 Å². The van der Waals surface area contributed by atoms with Crippen molar-refractivity contribution in [1.82, 2.24) is 10.3 Å². The minimum Gasteiger partial charge on any atom is -0.313 e. The van der Waals surface area contributed by atoms with E-state index < -0.39 is 0 Å². The van der Waals surface area contributed by atoms with Gasteiger partial charge in [-0.3, -0.25) is 4.98 Å². The zero-order chi connectivity index (χ0) is 12.4. The van der Waals surface area contributed by atoms with Crippen molar-refractivity contribution in [2.24, 2.45) is 5.92 Å². The third-order valence-corrected chi connectivity index (χ3v) is 4.71. The first-order chi connectivity index (χ1) is 8.88. The van der Waals surface area contributed by atoms with Crippen LogP contribution in [0.5, 0.6) is 0 Å². The third kappa shape index (κ3) is 2.20. The van der Waals surface area contributed by atoms with Crippen LogP contribution >= 0.6 is 11.3 Å². The largest absolute Gasteiger partial charge is 0.313 e. The Morgan fingerprint density at radius 1 is 1.39 bits per heavy atom. The summed E-state index contributed by atoms with van der Waals surface area (Å²) in [5.41, 5.74) is 4.93. The summed E-state index contributed by atoms with van der Waals surface area (Å²) < 4.78 is 0. The molecule has 94 valence electrons. The minimum absolute atomic E-state index is 0.483. The Balaban J connectivity index is 1.85. The van der Waals surface area contributed by atoms with Crippen molar-refractivity contribution in [2.75, 3.05) is 7.05 Å². The summed E-state index contributed by atoms with van der Waals surface area (Å²) in [5.74, 6) is 0.686. The average molecular weight is 258 g/mol. The van der Waals surface area contributed by atoms with E-state index in [0.29, 0.717) is 12.0 Å². The quantitative estimate of drug-likeness (QED) is 0.914. The SMILES string of the molecule is CNC1c2ccccc2CCC1Cc1cncs1. The van der Waals surface area contributed by atoms with E-state index in [0.717, 1.165) is 6.42 Å². The Labute approximate surface area is 112 Å². The van der Waals surface area contributed by atoms with Crippen molar-refractivity contribution in [3.8, 4) is 0 Å². The predicted octanol–water partition coefficient (Wildman–Crippen LogP) is 3.21. The van der Waals surface area contributed by atoms with E-state index in [1.807, 2.05) is 11.7 Å². The number of aromatic nitrogens is 1. The highest BCUT2D eigenvalue weighted by molar-refractivity contribution is 7.09. The molecule has 3 rings (SSSR count). The van der Waals surface area contributed by atoms with Gasteiger partial charge in [0.1, 0.15) is 0 Å². The highest BCUT2D eigenvalue weighted by Crippen LogP contribution is 2.36. The molecule has 1 N–H and O–H groups in total. The summed E-state index contributed by atoms with van der Waals surface area (Å²) in [6, 6.07) is 9.32. The second kappa shape index (κ2) is 5.21. The lowest BCUT2D eigenvalue weighted by Crippen LogP contribution is -2.31. The molecule has 0 saturated heterocycles. The molecule has 0 saturated carbocycles. The summed E-state index contributed by atoms with van der Waals surface area (Å²) in [4.78, 5) is 5.58. The molecule has 1 aromatic carbocycles. The van der Waals surface area contributed by atoms with Gasteiger partial charge in [-0.15, -0.1) is 11.3 Å². The third-order valence-electron chi connectivity index (χ3n) is 3.90. The van der Waals surface area contributed by atoms with Gasteiger partial charge in [-0.2, -0.15) is 0 Å². The summed E-state index contributed by atoms with van der Waals surface area (Å²) in [7, 11) is 2.08. The van der Waals surface area contributed by atoms with Crippen LogP contribution < -0.4 is 5.32 Å². The molecular formula is C15H18N2S. The maximum absolute atomic E-state index is 4.18. The number of benzene rings is 1. The van der Waals surface area contributed by atoms with Crippen molar-refractivity contribution in [3.05, 3.63) is 52.0 Å². The van der Waals surface area contributed by atoms with Gasteiger partial charge >= 0.3 is 0 Å². The van der Waals surface area contributed by atoms with Crippen LogP contribution in [0.2, 0.25) is 0 Å². The Morgan fingerprint density at radius 3 is 3.06 bits per heavy atom. The van der Waals surface area contributed by atoms with Crippen LogP contribution in [-0.4, -0.2) is 12.0 Å². The lowest BCUT2D eigenvalue weighted by Gasteiger charge is -2.33. The van der Waals surface area contributed by atoms with Gasteiger partial charge in [0.2, 0.25) is 0 Å². The molecule has 2 nitrogen and oxygen atoms in total. The minimum atomic E-state index is 0.483. The number of thiazole rings is 1. The first kappa shape index (κ1) is 11.9. The smallest absolute Gasteiger partial charge is 0.0794 e. The highest BCUT2D eigenvalue weighted by atomic mass is 32.1. The molecule has 0 radical (unpaired) electrons. The molecule has 0 bridgehead atoms. The molecule has 1 aliphatic carbocycles. The zero-order valence-electron chi connectivity index (χ0n) is 10.6. The van der Waals surface area contributed by atoms with Crippen molar-refractivity contribution >= 4 is 11.3 Å². The van der Waals surface area contributed by atoms with Gasteiger partial charge in [-0.25, -0.2) is 0 Å². The monoisotopic (exact) mass is 258 g/mol. The number of hydrogen-bond acceptors (Lipinski definition) is 3. The molecule has 0 amide bonds. The van der Waals surface area contributed by atoms with Crippen LogP contribution in [0.4, 0.5) is 0 Å². The topological polar surface area (TPSA) is 24.9 Å². The van der Waals surface area contributed by atoms with Crippen LogP contribution in [0.25, 0.3) is 0 Å². The van der Waals surface area contributed by atoms with Gasteiger partial charge in [0.05, 0.1) is 5.51 Å². The molecule has 2 atom stereocenters. The van der Waals surface area contributed by atoms with E-state index in [1.54, 1.807) is 11.3 Å². The summed E-state index contributed by atoms with van der Waals surface area (Å²) >= 11 is 1.77. The Bertz CT molecular complexity index is 507. The van der Waals surface area contributed by atoms with E-state index >= 15 is 0 Å². The van der Waals surface area contributed by atoms with Crippen molar-refractivity contribution in [1.29, 1.82) is 0 Å². The fourth-order valence-corrected chi connectivity index (χ4v) is 3.73. The van der Waals surface area contributed by atoms with Gasteiger partial charge in [0, 0.05) is 17.1 Å². The highest BCUT2D eigenvalue weighted by Gasteiger charge is 2.28. The molecule has 0 fully saturated rings. The Morgan fingerprint density at radius 2 is 2.28 bits per heavy atom. The summed E-state index contributed by atoms with van der Waals surface area (Å²) in [6.45, 7) is 0. The molecule has 1 aliphatic rings. The fraction of sp³-hybridized carbons (Fsp3) is 0.400. The maximum Gasteiger partial charge on any atom is 0.0794 e. The summed E-state index contributed by atoms with van der Waals surface area (Å²) in [6.07, 6.45) is 5.63. The second-order valence-corrected chi connectivity index (χ2v) is 5.91. The van der Waals surface area contributed by atoms with Gasteiger partial charge in [-0.05, 0) is 43.4 Å². The van der Waals surface area contributed by atoms with Crippen molar-refractivity contribution in [3.63, 3.8) is 0 Å². The molecule has 18 heavy (non-hydrogen) atoms. The predicted molar refractivity (Wildman–Crippen MR) is 75.9 cm³/mol. The van der Waals surface area contributed by atoms with E-state index in [1.165, 1.54) is 28.8 Å². The Hall–Kier alpha value is -1.19. The van der Waals surface area contributed by atoms with E-state index in [2.05, 4.69) is 41.6 Å². The number of rotatable bonds is 3. The first-order valence-corrected chi connectivity index (χ1v) is 7.39. The van der Waals surface area contributed by atoms with Crippen LogP contribution in [0.1, 0.15) is 28.5 Å². The Kier molecular flexibility index (Phi) is 3.43. The number of nitrogens with zero attached hydrogens (tertiary/aromatic N) is 1. The molecule has 1 aromatic heterocycles. The van der Waals surface area contributed by atoms with E-state index in [4.69, 9.17) is 0 Å². The fourth-order valence-electron chi connectivity index (χ4n) is 3.04. The lowest BCUT2D eigenvalue weighted by atomic mass is 9.78. The van der Waals surface area contributed by atoms with Crippen LogP contribution in [0, 0.1) is 5.92 Å². The van der Waals surface area contributed by atoms with Crippen molar-refractivity contribution < 1.29 is 0 Å². The molecule has 2 unspecified atom stereocenters.